The number of rotatable bonds is 7. The number of nitrogens with one attached hydrogen (secondary N) is 1. The van der Waals surface area contributed by atoms with E-state index >= 15 is 0 Å². The molecule has 0 aromatic carbocycles. The van der Waals surface area contributed by atoms with Crippen LogP contribution in [0.25, 0.3) is 0 Å². The molecule has 3 nitrogen and oxygen atoms in total. The number of hydrogen-bond acceptors (Lipinski definition) is 3. The second-order valence-corrected chi connectivity index (χ2v) is 7.16. The number of carbonyl (C=O) groups is 1. The van der Waals surface area contributed by atoms with Crippen molar-refractivity contribution in [2.45, 2.75) is 51.0 Å². The van der Waals surface area contributed by atoms with Gasteiger partial charge in [-0.2, -0.15) is 11.3 Å². The number of nitrogens with zero attached hydrogens (tertiary/aromatic N) is 1. The van der Waals surface area contributed by atoms with Gasteiger partial charge in [0.2, 0.25) is 5.91 Å². The number of likely N-dealkylation sites (N-methyl/N-ethyl adjacent to an activating group) is 1. The molecule has 0 spiro atoms. The third-order valence-corrected chi connectivity index (χ3v) is 5.25. The van der Waals surface area contributed by atoms with Gasteiger partial charge in [0.1, 0.15) is 0 Å². The maximum absolute atomic E-state index is 12.1. The lowest BCUT2D eigenvalue weighted by Gasteiger charge is -2.24. The van der Waals surface area contributed by atoms with E-state index < -0.39 is 0 Å². The summed E-state index contributed by atoms with van der Waals surface area (Å²) in [5.41, 5.74) is 1.29. The first-order valence-electron chi connectivity index (χ1n) is 8.12. The van der Waals surface area contributed by atoms with Crippen molar-refractivity contribution in [3.8, 4) is 0 Å². The van der Waals surface area contributed by atoms with Gasteiger partial charge >= 0.3 is 0 Å². The van der Waals surface area contributed by atoms with E-state index in [9.17, 15) is 4.79 Å². The van der Waals surface area contributed by atoms with Crippen molar-refractivity contribution in [1.82, 2.24) is 10.2 Å². The molecule has 1 aromatic rings. The van der Waals surface area contributed by atoms with Gasteiger partial charge in [-0.15, -0.1) is 0 Å². The Hall–Kier alpha value is -0.870. The van der Waals surface area contributed by atoms with E-state index in [4.69, 9.17) is 0 Å². The van der Waals surface area contributed by atoms with Gasteiger partial charge in [-0.1, -0.05) is 32.1 Å². The minimum Gasteiger partial charge on any atom is -0.354 e. The zero-order chi connectivity index (χ0) is 15.1. The Kier molecular flexibility index (Phi) is 6.71. The lowest BCUT2D eigenvalue weighted by atomic mass is 9.86. The topological polar surface area (TPSA) is 32.3 Å². The number of thiophene rings is 1. The van der Waals surface area contributed by atoms with Crippen molar-refractivity contribution in [2.24, 2.45) is 5.92 Å². The number of amides is 1. The minimum atomic E-state index is 0.211. The fraction of sp³-hybridized carbons (Fsp3) is 0.706. The van der Waals surface area contributed by atoms with E-state index in [1.165, 1.54) is 37.7 Å². The molecule has 1 heterocycles. The van der Waals surface area contributed by atoms with Gasteiger partial charge in [-0.3, -0.25) is 4.79 Å². The Labute approximate surface area is 132 Å². The summed E-state index contributed by atoms with van der Waals surface area (Å²) in [6.07, 6.45) is 8.49. The van der Waals surface area contributed by atoms with Gasteiger partial charge in [0.25, 0.3) is 0 Å². The van der Waals surface area contributed by atoms with Crippen LogP contribution in [0.4, 0.5) is 0 Å². The molecular formula is C17H28N2OS. The summed E-state index contributed by atoms with van der Waals surface area (Å²) < 4.78 is 0. The molecule has 0 unspecified atom stereocenters. The van der Waals surface area contributed by atoms with E-state index in [1.54, 1.807) is 11.3 Å². The zero-order valence-corrected chi connectivity index (χ0v) is 14.1. The molecule has 0 saturated heterocycles. The summed E-state index contributed by atoms with van der Waals surface area (Å²) in [6.45, 7) is 0.702. The van der Waals surface area contributed by atoms with Gasteiger partial charge in [0.05, 0.1) is 6.04 Å². The Morgan fingerprint density at radius 2 is 2.14 bits per heavy atom. The maximum Gasteiger partial charge on any atom is 0.220 e. The Morgan fingerprint density at radius 3 is 2.76 bits per heavy atom. The van der Waals surface area contributed by atoms with E-state index in [0.29, 0.717) is 13.0 Å². The molecule has 1 fully saturated rings. The molecule has 118 valence electrons. The Morgan fingerprint density at radius 1 is 1.38 bits per heavy atom. The molecule has 1 amide bonds. The summed E-state index contributed by atoms with van der Waals surface area (Å²) in [5, 5.41) is 7.38. The second kappa shape index (κ2) is 8.54. The quantitative estimate of drug-likeness (QED) is 0.830. The maximum atomic E-state index is 12.1. The highest BCUT2D eigenvalue weighted by Crippen LogP contribution is 2.27. The lowest BCUT2D eigenvalue weighted by Crippen LogP contribution is -2.34. The van der Waals surface area contributed by atoms with E-state index in [2.05, 4.69) is 41.1 Å². The van der Waals surface area contributed by atoms with Crippen molar-refractivity contribution < 1.29 is 4.79 Å². The van der Waals surface area contributed by atoms with Crippen molar-refractivity contribution >= 4 is 17.2 Å². The van der Waals surface area contributed by atoms with Crippen molar-refractivity contribution in [3.63, 3.8) is 0 Å². The van der Waals surface area contributed by atoms with Crippen LogP contribution in [0.2, 0.25) is 0 Å². The van der Waals surface area contributed by atoms with Gasteiger partial charge in [0.15, 0.2) is 0 Å². The molecule has 1 saturated carbocycles. The highest BCUT2D eigenvalue weighted by atomic mass is 32.1. The summed E-state index contributed by atoms with van der Waals surface area (Å²) in [4.78, 5) is 14.2. The molecule has 0 radical (unpaired) electrons. The Balaban J connectivity index is 1.71. The predicted molar refractivity (Wildman–Crippen MR) is 89.6 cm³/mol. The SMILES string of the molecule is CN(C)[C@@H](CNC(=O)CCC1CCCCC1)c1ccsc1. The fourth-order valence-corrected chi connectivity index (χ4v) is 3.88. The van der Waals surface area contributed by atoms with Crippen LogP contribution < -0.4 is 5.32 Å². The molecule has 4 heteroatoms. The average molecular weight is 308 g/mol. The third kappa shape index (κ3) is 5.44. The van der Waals surface area contributed by atoms with Crippen LogP contribution in [0.3, 0.4) is 0 Å². The Bertz CT molecular complexity index is 410. The molecule has 2 rings (SSSR count). The molecule has 1 atom stereocenters. The molecule has 1 aliphatic rings. The summed E-state index contributed by atoms with van der Waals surface area (Å²) in [7, 11) is 4.13. The van der Waals surface area contributed by atoms with E-state index in [1.807, 2.05) is 0 Å². The largest absolute Gasteiger partial charge is 0.354 e. The monoisotopic (exact) mass is 308 g/mol. The first-order valence-corrected chi connectivity index (χ1v) is 9.06. The lowest BCUT2D eigenvalue weighted by molar-refractivity contribution is -0.121. The first kappa shape index (κ1) is 16.5. The highest BCUT2D eigenvalue weighted by Gasteiger charge is 2.17. The van der Waals surface area contributed by atoms with Crippen molar-refractivity contribution in [1.29, 1.82) is 0 Å². The van der Waals surface area contributed by atoms with Crippen molar-refractivity contribution in [3.05, 3.63) is 22.4 Å². The third-order valence-electron chi connectivity index (χ3n) is 4.55. The predicted octanol–water partition coefficient (Wildman–Crippen LogP) is 3.83. The molecule has 0 aliphatic heterocycles. The molecule has 1 N–H and O–H groups in total. The molecule has 21 heavy (non-hydrogen) atoms. The minimum absolute atomic E-state index is 0.211. The molecule has 1 aliphatic carbocycles. The van der Waals surface area contributed by atoms with Crippen LogP contribution in [0.15, 0.2) is 16.8 Å². The van der Waals surface area contributed by atoms with E-state index in [-0.39, 0.29) is 11.9 Å². The second-order valence-electron chi connectivity index (χ2n) is 6.38. The zero-order valence-electron chi connectivity index (χ0n) is 13.3. The highest BCUT2D eigenvalue weighted by molar-refractivity contribution is 7.07. The normalized spacial score (nSPS) is 17.9. The van der Waals surface area contributed by atoms with Crippen LogP contribution in [0.5, 0.6) is 0 Å². The van der Waals surface area contributed by atoms with E-state index in [0.717, 1.165) is 12.3 Å². The summed E-state index contributed by atoms with van der Waals surface area (Å²) in [5.74, 6) is 0.994. The smallest absolute Gasteiger partial charge is 0.220 e. The molecule has 0 bridgehead atoms. The molecule has 1 aromatic heterocycles. The summed E-state index contributed by atoms with van der Waals surface area (Å²) >= 11 is 1.71. The first-order chi connectivity index (χ1) is 10.2. The number of hydrogen-bond donors (Lipinski definition) is 1. The van der Waals surface area contributed by atoms with Gasteiger partial charge in [-0.05, 0) is 48.8 Å². The van der Waals surface area contributed by atoms with Crippen LogP contribution in [-0.2, 0) is 4.79 Å². The molecular weight excluding hydrogens is 280 g/mol. The van der Waals surface area contributed by atoms with Crippen LogP contribution >= 0.6 is 11.3 Å². The van der Waals surface area contributed by atoms with Crippen LogP contribution in [-0.4, -0.2) is 31.4 Å². The van der Waals surface area contributed by atoms with Gasteiger partial charge in [0, 0.05) is 13.0 Å². The fourth-order valence-electron chi connectivity index (χ4n) is 3.17. The summed E-state index contributed by atoms with van der Waals surface area (Å²) in [6, 6.07) is 2.42. The number of carbonyl (C=O) groups excluding carboxylic acids is 1. The average Bonchev–Trinajstić information content (AvgIpc) is 3.00. The van der Waals surface area contributed by atoms with Gasteiger partial charge in [-0.25, -0.2) is 0 Å². The van der Waals surface area contributed by atoms with Crippen LogP contribution in [0, 0.1) is 5.92 Å². The standard InChI is InChI=1S/C17H28N2OS/c1-19(2)16(15-10-11-21-13-15)12-18-17(20)9-8-14-6-4-3-5-7-14/h10-11,13-14,16H,3-9,12H2,1-2H3,(H,18,20)/t16-/m0/s1. The van der Waals surface area contributed by atoms with Crippen molar-refractivity contribution in [2.75, 3.05) is 20.6 Å². The van der Waals surface area contributed by atoms with Gasteiger partial charge < -0.3 is 10.2 Å². The van der Waals surface area contributed by atoms with Crippen LogP contribution in [0.1, 0.15) is 56.6 Å².